The van der Waals surface area contributed by atoms with E-state index in [0.29, 0.717) is 5.69 Å². The van der Waals surface area contributed by atoms with Gasteiger partial charge in [-0.2, -0.15) is 0 Å². The molecule has 0 aliphatic heterocycles. The molecule has 7 heteroatoms. The van der Waals surface area contributed by atoms with Crippen molar-refractivity contribution in [3.63, 3.8) is 0 Å². The SMILES string of the molecule is CC(Nc1ccc([N+](=O)[O-])cc1F)c1ccc(F)cn1. The summed E-state index contributed by atoms with van der Waals surface area (Å²) in [6.07, 6.45) is 1.07. The molecule has 0 saturated carbocycles. The molecule has 5 nitrogen and oxygen atoms in total. The van der Waals surface area contributed by atoms with Crippen LogP contribution in [0.1, 0.15) is 18.7 Å². The van der Waals surface area contributed by atoms with E-state index in [1.54, 1.807) is 6.92 Å². The van der Waals surface area contributed by atoms with Crippen molar-refractivity contribution < 1.29 is 13.7 Å². The van der Waals surface area contributed by atoms with Crippen LogP contribution in [0.15, 0.2) is 36.5 Å². The van der Waals surface area contributed by atoms with Gasteiger partial charge in [-0.05, 0) is 25.1 Å². The quantitative estimate of drug-likeness (QED) is 0.687. The standard InChI is InChI=1S/C13H11F2N3O2/c1-8(12-4-2-9(14)7-16-12)17-13-5-3-10(18(19)20)6-11(13)15/h2-8,17H,1H3. The third kappa shape index (κ3) is 3.05. The van der Waals surface area contributed by atoms with Crippen molar-refractivity contribution in [2.75, 3.05) is 5.32 Å². The van der Waals surface area contributed by atoms with Gasteiger partial charge >= 0.3 is 0 Å². The Morgan fingerprint density at radius 1 is 1.30 bits per heavy atom. The molecular formula is C13H11F2N3O2. The molecule has 0 spiro atoms. The van der Waals surface area contributed by atoms with E-state index >= 15 is 0 Å². The number of anilines is 1. The summed E-state index contributed by atoms with van der Waals surface area (Å²) in [6, 6.07) is 5.70. The van der Waals surface area contributed by atoms with Gasteiger partial charge in [0.1, 0.15) is 5.82 Å². The van der Waals surface area contributed by atoms with Gasteiger partial charge in [0.05, 0.1) is 34.6 Å². The summed E-state index contributed by atoms with van der Waals surface area (Å²) < 4.78 is 26.5. The van der Waals surface area contributed by atoms with Crippen LogP contribution in [0.4, 0.5) is 20.2 Å². The van der Waals surface area contributed by atoms with Crippen molar-refractivity contribution in [1.82, 2.24) is 4.98 Å². The number of non-ortho nitro benzene ring substituents is 1. The number of nitro benzene ring substituents is 1. The third-order valence-electron chi connectivity index (χ3n) is 2.73. The Balaban J connectivity index is 2.17. The second-order valence-corrected chi connectivity index (χ2v) is 4.19. The third-order valence-corrected chi connectivity index (χ3v) is 2.73. The van der Waals surface area contributed by atoms with Crippen LogP contribution >= 0.6 is 0 Å². The summed E-state index contributed by atoms with van der Waals surface area (Å²) >= 11 is 0. The number of nitro groups is 1. The molecule has 0 bridgehead atoms. The van der Waals surface area contributed by atoms with E-state index in [1.165, 1.54) is 24.3 Å². The zero-order valence-electron chi connectivity index (χ0n) is 10.5. The Morgan fingerprint density at radius 2 is 2.05 bits per heavy atom. The highest BCUT2D eigenvalue weighted by molar-refractivity contribution is 5.51. The van der Waals surface area contributed by atoms with Gasteiger partial charge in [0.15, 0.2) is 5.82 Å². The van der Waals surface area contributed by atoms with Gasteiger partial charge in [0, 0.05) is 6.07 Å². The molecule has 0 aliphatic rings. The van der Waals surface area contributed by atoms with E-state index in [1.807, 2.05) is 0 Å². The van der Waals surface area contributed by atoms with Crippen molar-refractivity contribution in [3.8, 4) is 0 Å². The maximum absolute atomic E-state index is 13.7. The largest absolute Gasteiger partial charge is 0.375 e. The van der Waals surface area contributed by atoms with Crippen LogP contribution in [0, 0.1) is 21.7 Å². The molecule has 104 valence electrons. The van der Waals surface area contributed by atoms with Crippen LogP contribution < -0.4 is 5.32 Å². The molecule has 1 unspecified atom stereocenters. The highest BCUT2D eigenvalue weighted by Crippen LogP contribution is 2.24. The van der Waals surface area contributed by atoms with E-state index in [-0.39, 0.29) is 17.4 Å². The number of halogens is 2. The van der Waals surface area contributed by atoms with Crippen LogP contribution in [0.25, 0.3) is 0 Å². The molecule has 1 aromatic heterocycles. The average molecular weight is 279 g/mol. The van der Waals surface area contributed by atoms with Crippen molar-refractivity contribution >= 4 is 11.4 Å². The van der Waals surface area contributed by atoms with Crippen LogP contribution in [-0.2, 0) is 0 Å². The smallest absolute Gasteiger partial charge is 0.272 e. The van der Waals surface area contributed by atoms with Crippen LogP contribution in [0.5, 0.6) is 0 Å². The first-order valence-electron chi connectivity index (χ1n) is 5.79. The van der Waals surface area contributed by atoms with Gasteiger partial charge < -0.3 is 5.32 Å². The lowest BCUT2D eigenvalue weighted by Crippen LogP contribution is -2.09. The van der Waals surface area contributed by atoms with Crippen LogP contribution in [0.3, 0.4) is 0 Å². The normalized spacial score (nSPS) is 11.9. The highest BCUT2D eigenvalue weighted by atomic mass is 19.1. The van der Waals surface area contributed by atoms with E-state index in [9.17, 15) is 18.9 Å². The van der Waals surface area contributed by atoms with Gasteiger partial charge in [-0.15, -0.1) is 0 Å². The average Bonchev–Trinajstić information content (AvgIpc) is 2.41. The van der Waals surface area contributed by atoms with Crippen LogP contribution in [0.2, 0.25) is 0 Å². The summed E-state index contributed by atoms with van der Waals surface area (Å²) in [5.74, 6) is -1.18. The zero-order chi connectivity index (χ0) is 14.7. The Labute approximate surface area is 113 Å². The van der Waals surface area contributed by atoms with E-state index in [2.05, 4.69) is 10.3 Å². The molecular weight excluding hydrogens is 268 g/mol. The number of nitrogens with zero attached hydrogens (tertiary/aromatic N) is 2. The Morgan fingerprint density at radius 3 is 2.60 bits per heavy atom. The molecule has 1 atom stereocenters. The van der Waals surface area contributed by atoms with E-state index in [4.69, 9.17) is 0 Å². The van der Waals surface area contributed by atoms with Crippen LogP contribution in [-0.4, -0.2) is 9.91 Å². The predicted octanol–water partition coefficient (Wildman–Crippen LogP) is 3.44. The second kappa shape index (κ2) is 5.60. The van der Waals surface area contributed by atoms with Crippen molar-refractivity contribution in [2.24, 2.45) is 0 Å². The van der Waals surface area contributed by atoms with Crippen molar-refractivity contribution in [1.29, 1.82) is 0 Å². The number of hydrogen-bond donors (Lipinski definition) is 1. The minimum atomic E-state index is -0.729. The summed E-state index contributed by atoms with van der Waals surface area (Å²) in [5, 5.41) is 13.3. The van der Waals surface area contributed by atoms with Gasteiger partial charge in [-0.3, -0.25) is 15.1 Å². The fraction of sp³-hybridized carbons (Fsp3) is 0.154. The number of rotatable bonds is 4. The summed E-state index contributed by atoms with van der Waals surface area (Å²) in [7, 11) is 0. The van der Waals surface area contributed by atoms with Gasteiger partial charge in [0.25, 0.3) is 5.69 Å². The van der Waals surface area contributed by atoms with Gasteiger partial charge in [0.2, 0.25) is 0 Å². The van der Waals surface area contributed by atoms with Gasteiger partial charge in [-0.25, -0.2) is 8.78 Å². The number of benzene rings is 1. The fourth-order valence-corrected chi connectivity index (χ4v) is 1.69. The maximum atomic E-state index is 13.7. The van der Waals surface area contributed by atoms with Crippen molar-refractivity contribution in [3.05, 3.63) is 64.0 Å². The Bertz CT molecular complexity index is 632. The lowest BCUT2D eigenvalue weighted by atomic mass is 10.2. The molecule has 0 fully saturated rings. The Kier molecular flexibility index (Phi) is 3.88. The summed E-state index contributed by atoms with van der Waals surface area (Å²) in [6.45, 7) is 1.72. The highest BCUT2D eigenvalue weighted by Gasteiger charge is 2.13. The minimum Gasteiger partial charge on any atom is -0.375 e. The first-order chi connectivity index (χ1) is 9.47. The second-order valence-electron chi connectivity index (χ2n) is 4.19. The molecule has 20 heavy (non-hydrogen) atoms. The predicted molar refractivity (Wildman–Crippen MR) is 69.3 cm³/mol. The number of pyridine rings is 1. The molecule has 1 N–H and O–H groups in total. The summed E-state index contributed by atoms with van der Waals surface area (Å²) in [4.78, 5) is 13.7. The lowest BCUT2D eigenvalue weighted by Gasteiger charge is -2.15. The number of nitrogens with one attached hydrogen (secondary N) is 1. The fourth-order valence-electron chi connectivity index (χ4n) is 1.69. The first kappa shape index (κ1) is 13.9. The van der Waals surface area contributed by atoms with Crippen molar-refractivity contribution in [2.45, 2.75) is 13.0 Å². The van der Waals surface area contributed by atoms with E-state index in [0.717, 1.165) is 12.3 Å². The number of aromatic nitrogens is 1. The maximum Gasteiger partial charge on any atom is 0.272 e. The molecule has 2 aromatic rings. The molecule has 2 rings (SSSR count). The molecule has 0 amide bonds. The molecule has 0 radical (unpaired) electrons. The van der Waals surface area contributed by atoms with E-state index < -0.39 is 16.6 Å². The molecule has 1 heterocycles. The van der Waals surface area contributed by atoms with Gasteiger partial charge in [-0.1, -0.05) is 0 Å². The first-order valence-corrected chi connectivity index (χ1v) is 5.79. The molecule has 0 saturated heterocycles. The molecule has 0 aliphatic carbocycles. The Hall–Kier alpha value is -2.57. The minimum absolute atomic E-state index is 0.120. The topological polar surface area (TPSA) is 68.1 Å². The molecule has 1 aromatic carbocycles. The monoisotopic (exact) mass is 279 g/mol. The lowest BCUT2D eigenvalue weighted by molar-refractivity contribution is -0.385. The zero-order valence-corrected chi connectivity index (χ0v) is 10.5. The number of hydrogen-bond acceptors (Lipinski definition) is 4. The summed E-state index contributed by atoms with van der Waals surface area (Å²) in [5.41, 5.74) is 0.332.